The van der Waals surface area contributed by atoms with E-state index in [-0.39, 0.29) is 0 Å². The van der Waals surface area contributed by atoms with Gasteiger partial charge in [0.1, 0.15) is 0 Å². The second kappa shape index (κ2) is 10.8. The first kappa shape index (κ1) is 27.7. The number of H-pyrrole nitrogens is 2. The number of nitrogens with one attached hydrogen (secondary N) is 2. The van der Waals surface area contributed by atoms with Gasteiger partial charge in [-0.05, 0) is 102 Å². The molecule has 3 aromatic rings. The van der Waals surface area contributed by atoms with Crippen LogP contribution in [0.1, 0.15) is 118 Å². The van der Waals surface area contributed by atoms with Crippen molar-refractivity contribution < 1.29 is 5.11 Å². The van der Waals surface area contributed by atoms with E-state index in [0.717, 1.165) is 95.5 Å². The maximum atomic E-state index is 11.4. The number of nitrogens with zero attached hydrogens (tertiary/aromatic N) is 2. The number of allylic oxidation sites excluding steroid dienone is 3. The zero-order valence-corrected chi connectivity index (χ0v) is 25.8. The molecule has 3 aliphatic rings. The van der Waals surface area contributed by atoms with Crippen LogP contribution >= 0.6 is 0 Å². The fourth-order valence-corrected chi connectivity index (χ4v) is 7.68. The van der Waals surface area contributed by atoms with Crippen LogP contribution in [0.4, 0.5) is 0 Å². The van der Waals surface area contributed by atoms with Gasteiger partial charge in [-0.2, -0.15) is 0 Å². The second-order valence-electron chi connectivity index (χ2n) is 11.5. The molecule has 0 radical (unpaired) electrons. The van der Waals surface area contributed by atoms with Gasteiger partial charge in [-0.3, -0.25) is 0 Å². The Bertz CT molecular complexity index is 1780. The lowest BCUT2D eigenvalue weighted by Gasteiger charge is -2.07. The molecule has 0 aromatic carbocycles. The van der Waals surface area contributed by atoms with Crippen molar-refractivity contribution in [2.24, 2.45) is 0 Å². The number of aromatic nitrogens is 4. The van der Waals surface area contributed by atoms with Gasteiger partial charge in [0.05, 0.1) is 28.9 Å². The van der Waals surface area contributed by atoms with Crippen molar-refractivity contribution in [2.45, 2.75) is 106 Å². The van der Waals surface area contributed by atoms with Crippen LogP contribution in [-0.4, -0.2) is 31.1 Å². The van der Waals surface area contributed by atoms with Gasteiger partial charge < -0.3 is 15.1 Å². The Balaban J connectivity index is 1.86. The first-order chi connectivity index (χ1) is 19.9. The van der Waals surface area contributed by atoms with Crippen LogP contribution < -0.4 is 0 Å². The Morgan fingerprint density at radius 2 is 1.02 bits per heavy atom. The SMILES string of the molecule is CCC1=C(CC)c2nc1cc1[nH]c(cc3[nH]c(cc4nc5c2CC(O)C5=C4CC)c(CC)c3CC)c(CC)c1CC. The van der Waals surface area contributed by atoms with Crippen molar-refractivity contribution in [1.29, 1.82) is 0 Å². The van der Waals surface area contributed by atoms with Gasteiger partial charge in [-0.15, -0.1) is 0 Å². The van der Waals surface area contributed by atoms with E-state index in [0.29, 0.717) is 6.42 Å². The minimum Gasteiger partial charge on any atom is -0.388 e. The molecule has 0 amide bonds. The Morgan fingerprint density at radius 3 is 1.49 bits per heavy atom. The van der Waals surface area contributed by atoms with Crippen molar-refractivity contribution in [3.05, 3.63) is 68.8 Å². The van der Waals surface area contributed by atoms with E-state index in [1.54, 1.807) is 0 Å². The monoisotopic (exact) mass is 548 g/mol. The number of aromatic amines is 2. The summed E-state index contributed by atoms with van der Waals surface area (Å²) in [5.74, 6) is 0. The Morgan fingerprint density at radius 1 is 0.585 bits per heavy atom. The zero-order valence-electron chi connectivity index (χ0n) is 25.8. The normalized spacial score (nSPS) is 16.4. The molecule has 1 unspecified atom stereocenters. The van der Waals surface area contributed by atoms with Gasteiger partial charge in [-0.1, -0.05) is 48.5 Å². The topological polar surface area (TPSA) is 77.6 Å². The van der Waals surface area contributed by atoms with Gasteiger partial charge in [0.2, 0.25) is 0 Å². The van der Waals surface area contributed by atoms with Gasteiger partial charge in [0.15, 0.2) is 0 Å². The minimum atomic E-state index is -0.545. The lowest BCUT2D eigenvalue weighted by molar-refractivity contribution is 0.240. The zero-order chi connectivity index (χ0) is 29.0. The van der Waals surface area contributed by atoms with Crippen molar-refractivity contribution in [3.8, 4) is 0 Å². The molecule has 1 atom stereocenters. The van der Waals surface area contributed by atoms with Crippen LogP contribution in [0.3, 0.4) is 0 Å². The van der Waals surface area contributed by atoms with Crippen LogP contribution in [0.2, 0.25) is 0 Å². The summed E-state index contributed by atoms with van der Waals surface area (Å²) in [6, 6.07) is 6.84. The molecule has 41 heavy (non-hydrogen) atoms. The largest absolute Gasteiger partial charge is 0.388 e. The predicted octanol–water partition coefficient (Wildman–Crippen LogP) is 8.53. The number of aryl methyl sites for hydroxylation is 4. The van der Waals surface area contributed by atoms with E-state index < -0.39 is 6.10 Å². The Hall–Kier alpha value is -3.44. The summed E-state index contributed by atoms with van der Waals surface area (Å²) < 4.78 is 0. The fraction of sp³-hybridized carbons (Fsp3) is 0.444. The number of fused-ring (bicyclic) bond motifs is 8. The van der Waals surface area contributed by atoms with Crippen LogP contribution in [0.25, 0.3) is 44.4 Å². The van der Waals surface area contributed by atoms with Crippen LogP contribution in [0.15, 0.2) is 18.2 Å². The third-order valence-corrected chi connectivity index (χ3v) is 9.51. The molecule has 0 saturated carbocycles. The summed E-state index contributed by atoms with van der Waals surface area (Å²) in [6.45, 7) is 15.6. The van der Waals surface area contributed by atoms with Crippen LogP contribution in [0, 0.1) is 0 Å². The van der Waals surface area contributed by atoms with Crippen molar-refractivity contribution in [3.63, 3.8) is 0 Å². The highest BCUT2D eigenvalue weighted by Crippen LogP contribution is 2.46. The fourth-order valence-electron chi connectivity index (χ4n) is 7.68. The molecule has 1 aliphatic carbocycles. The van der Waals surface area contributed by atoms with Gasteiger partial charge in [0.25, 0.3) is 0 Å². The Labute approximate surface area is 243 Å². The third-order valence-electron chi connectivity index (χ3n) is 9.51. The standard InChI is InChI=1S/C36H44N4O/c1-8-19-21(10-3)29-17-31-23(12-5)24(13-6)35(39-31)26-15-33(41)34-25(14-7)32(40-36(26)34)18-30-22(11-4)20(9-2)28(38-30)16-27(19)37-29/h16-18,33,37-38,41H,8-15H2,1-7H3. The highest BCUT2D eigenvalue weighted by Gasteiger charge is 2.36. The summed E-state index contributed by atoms with van der Waals surface area (Å²) in [4.78, 5) is 18.2. The molecule has 3 aromatic heterocycles. The average molecular weight is 549 g/mol. The maximum absolute atomic E-state index is 11.4. The predicted molar refractivity (Wildman–Crippen MR) is 173 cm³/mol. The summed E-state index contributed by atoms with van der Waals surface area (Å²) in [6.07, 6.45) is 6.54. The molecule has 0 fully saturated rings. The molecular formula is C36H44N4O. The lowest BCUT2D eigenvalue weighted by atomic mass is 9.97. The van der Waals surface area contributed by atoms with Crippen LogP contribution in [0.5, 0.6) is 0 Å². The number of aliphatic hydroxyl groups is 1. The highest BCUT2D eigenvalue weighted by molar-refractivity contribution is 6.00. The molecule has 0 saturated heterocycles. The molecule has 214 valence electrons. The second-order valence-corrected chi connectivity index (χ2v) is 11.5. The Kier molecular flexibility index (Phi) is 7.27. The van der Waals surface area contributed by atoms with Gasteiger partial charge >= 0.3 is 0 Å². The van der Waals surface area contributed by atoms with Gasteiger partial charge in [-0.25, -0.2) is 9.97 Å². The van der Waals surface area contributed by atoms with E-state index in [4.69, 9.17) is 9.97 Å². The summed E-state index contributed by atoms with van der Waals surface area (Å²) >= 11 is 0. The number of rotatable bonds is 7. The first-order valence-corrected chi connectivity index (χ1v) is 15.9. The van der Waals surface area contributed by atoms with E-state index in [2.05, 4.69) is 76.6 Å². The first-order valence-electron chi connectivity index (χ1n) is 15.9. The van der Waals surface area contributed by atoms with E-state index in [1.807, 2.05) is 0 Å². The number of hydrogen-bond acceptors (Lipinski definition) is 3. The molecule has 6 rings (SSSR count). The average Bonchev–Trinajstić information content (AvgIpc) is 3.75. The molecular weight excluding hydrogens is 504 g/mol. The number of aliphatic hydroxyl groups excluding tert-OH is 1. The quantitative estimate of drug-likeness (QED) is 0.277. The summed E-state index contributed by atoms with van der Waals surface area (Å²) in [5.41, 5.74) is 20.0. The smallest absolute Gasteiger partial charge is 0.0856 e. The number of hydrogen-bond donors (Lipinski definition) is 3. The van der Waals surface area contributed by atoms with Crippen LogP contribution in [-0.2, 0) is 32.1 Å². The highest BCUT2D eigenvalue weighted by atomic mass is 16.3. The summed E-state index contributed by atoms with van der Waals surface area (Å²) in [7, 11) is 0. The molecule has 8 bridgehead atoms. The minimum absolute atomic E-state index is 0.545. The van der Waals surface area contributed by atoms with Crippen molar-refractivity contribution in [1.82, 2.24) is 19.9 Å². The molecule has 3 N–H and O–H groups in total. The molecule has 5 heterocycles. The van der Waals surface area contributed by atoms with E-state index in [9.17, 15) is 5.11 Å². The van der Waals surface area contributed by atoms with E-state index >= 15 is 0 Å². The molecule has 0 spiro atoms. The molecule has 5 heteroatoms. The molecule has 2 aliphatic heterocycles. The van der Waals surface area contributed by atoms with Crippen molar-refractivity contribution >= 4 is 44.4 Å². The molecule has 5 nitrogen and oxygen atoms in total. The lowest BCUT2D eigenvalue weighted by Crippen LogP contribution is -2.05. The maximum Gasteiger partial charge on any atom is 0.0856 e. The van der Waals surface area contributed by atoms with Gasteiger partial charge in [0, 0.05) is 39.6 Å². The summed E-state index contributed by atoms with van der Waals surface area (Å²) in [5, 5.41) is 11.4. The third kappa shape index (κ3) is 4.15. The van der Waals surface area contributed by atoms with E-state index in [1.165, 1.54) is 44.4 Å². The van der Waals surface area contributed by atoms with Crippen molar-refractivity contribution in [2.75, 3.05) is 0 Å².